The monoisotopic (exact) mass is 325 g/mol. The first kappa shape index (κ1) is 16.5. The van der Waals surface area contributed by atoms with Gasteiger partial charge in [-0.1, -0.05) is 49.3 Å². The highest BCUT2D eigenvalue weighted by Gasteiger charge is 2.42. The van der Waals surface area contributed by atoms with Crippen molar-refractivity contribution in [3.05, 3.63) is 65.7 Å². The molecule has 0 spiro atoms. The highest BCUT2D eigenvalue weighted by atomic mass is 16.7. The van der Waals surface area contributed by atoms with Crippen LogP contribution in [0.1, 0.15) is 31.4 Å². The molecule has 0 amide bonds. The summed E-state index contributed by atoms with van der Waals surface area (Å²) in [5.74, 6) is 1.01. The summed E-state index contributed by atoms with van der Waals surface area (Å²) >= 11 is 0. The van der Waals surface area contributed by atoms with E-state index in [-0.39, 0.29) is 12.5 Å². The van der Waals surface area contributed by atoms with E-state index in [9.17, 15) is 5.11 Å². The number of aliphatic hydroxyl groups is 1. The predicted molar refractivity (Wildman–Crippen MR) is 94.1 cm³/mol. The largest absolute Gasteiger partial charge is 0.489 e. The number of nitrogens with zero attached hydrogens (tertiary/aromatic N) is 1. The molecule has 1 aliphatic heterocycles. The Balaban J connectivity index is 1.63. The minimum absolute atomic E-state index is 0.0318. The van der Waals surface area contributed by atoms with E-state index in [0.717, 1.165) is 22.6 Å². The fraction of sp³-hybridized carbons (Fsp3) is 0.350. The zero-order chi connectivity index (χ0) is 17.0. The molecular weight excluding hydrogens is 302 g/mol. The van der Waals surface area contributed by atoms with Crippen molar-refractivity contribution in [1.29, 1.82) is 0 Å². The van der Waals surface area contributed by atoms with Crippen molar-refractivity contribution in [1.82, 2.24) is 0 Å². The molecule has 3 rings (SSSR count). The van der Waals surface area contributed by atoms with Crippen LogP contribution < -0.4 is 4.74 Å². The molecule has 24 heavy (non-hydrogen) atoms. The second-order valence-corrected chi connectivity index (χ2v) is 6.48. The second kappa shape index (κ2) is 7.05. The molecule has 0 aromatic heterocycles. The third kappa shape index (κ3) is 3.44. The van der Waals surface area contributed by atoms with Crippen LogP contribution in [0, 0.1) is 5.92 Å². The SMILES string of the molecule is CC(C)[C@@]1(CO)CC(c2ccc(OCc3ccccc3)cc2)=NO1. The van der Waals surface area contributed by atoms with Crippen LogP contribution in [0.5, 0.6) is 5.75 Å². The van der Waals surface area contributed by atoms with Gasteiger partial charge in [0.2, 0.25) is 0 Å². The maximum Gasteiger partial charge on any atom is 0.168 e. The predicted octanol–water partition coefficient (Wildman–Crippen LogP) is 3.78. The molecule has 1 aliphatic rings. The normalized spacial score (nSPS) is 19.9. The Morgan fingerprint density at radius 2 is 1.83 bits per heavy atom. The summed E-state index contributed by atoms with van der Waals surface area (Å²) in [6.45, 7) is 4.59. The van der Waals surface area contributed by atoms with Crippen molar-refractivity contribution < 1.29 is 14.7 Å². The molecule has 1 heterocycles. The molecule has 0 fully saturated rings. The molecule has 4 nitrogen and oxygen atoms in total. The van der Waals surface area contributed by atoms with Crippen LogP contribution in [0.4, 0.5) is 0 Å². The topological polar surface area (TPSA) is 51.0 Å². The molecule has 0 unspecified atom stereocenters. The average molecular weight is 325 g/mol. The van der Waals surface area contributed by atoms with Gasteiger partial charge >= 0.3 is 0 Å². The third-order valence-corrected chi connectivity index (χ3v) is 4.56. The van der Waals surface area contributed by atoms with Crippen molar-refractivity contribution >= 4 is 5.71 Å². The number of hydrogen-bond acceptors (Lipinski definition) is 4. The van der Waals surface area contributed by atoms with E-state index in [0.29, 0.717) is 13.0 Å². The molecular formula is C20H23NO3. The van der Waals surface area contributed by atoms with Gasteiger partial charge in [0.1, 0.15) is 12.4 Å². The van der Waals surface area contributed by atoms with Gasteiger partial charge in [-0.3, -0.25) is 0 Å². The van der Waals surface area contributed by atoms with Crippen LogP contribution in [-0.4, -0.2) is 23.0 Å². The molecule has 0 radical (unpaired) electrons. The minimum Gasteiger partial charge on any atom is -0.489 e. The minimum atomic E-state index is -0.599. The van der Waals surface area contributed by atoms with Gasteiger partial charge in [-0.25, -0.2) is 0 Å². The third-order valence-electron chi connectivity index (χ3n) is 4.56. The molecule has 2 aromatic rings. The highest BCUT2D eigenvalue weighted by molar-refractivity contribution is 6.01. The van der Waals surface area contributed by atoms with E-state index in [1.807, 2.05) is 68.4 Å². The first-order valence-corrected chi connectivity index (χ1v) is 8.26. The molecule has 1 atom stereocenters. The lowest BCUT2D eigenvalue weighted by atomic mass is 9.85. The maximum atomic E-state index is 9.66. The Labute approximate surface area is 142 Å². The Bertz CT molecular complexity index is 695. The van der Waals surface area contributed by atoms with Crippen molar-refractivity contribution in [3.8, 4) is 5.75 Å². The number of benzene rings is 2. The van der Waals surface area contributed by atoms with Gasteiger partial charge in [0, 0.05) is 6.42 Å². The molecule has 0 aliphatic carbocycles. The Morgan fingerprint density at radius 3 is 2.42 bits per heavy atom. The maximum absolute atomic E-state index is 9.66. The smallest absolute Gasteiger partial charge is 0.168 e. The van der Waals surface area contributed by atoms with Gasteiger partial charge in [-0.15, -0.1) is 0 Å². The Hall–Kier alpha value is -2.33. The molecule has 0 bridgehead atoms. The quantitative estimate of drug-likeness (QED) is 0.879. The van der Waals surface area contributed by atoms with Crippen LogP contribution in [0.3, 0.4) is 0 Å². The van der Waals surface area contributed by atoms with E-state index < -0.39 is 5.60 Å². The second-order valence-electron chi connectivity index (χ2n) is 6.48. The summed E-state index contributed by atoms with van der Waals surface area (Å²) in [6, 6.07) is 17.9. The highest BCUT2D eigenvalue weighted by Crippen LogP contribution is 2.33. The lowest BCUT2D eigenvalue weighted by molar-refractivity contribution is -0.0874. The summed E-state index contributed by atoms with van der Waals surface area (Å²) in [4.78, 5) is 5.56. The van der Waals surface area contributed by atoms with Gasteiger partial charge < -0.3 is 14.7 Å². The molecule has 2 aromatic carbocycles. The van der Waals surface area contributed by atoms with Crippen molar-refractivity contribution in [2.45, 2.75) is 32.5 Å². The Kier molecular flexibility index (Phi) is 4.86. The summed E-state index contributed by atoms with van der Waals surface area (Å²) in [6.07, 6.45) is 0.616. The number of aliphatic hydroxyl groups excluding tert-OH is 1. The molecule has 126 valence electrons. The van der Waals surface area contributed by atoms with E-state index in [1.165, 1.54) is 0 Å². The van der Waals surface area contributed by atoms with Gasteiger partial charge in [-0.2, -0.15) is 0 Å². The van der Waals surface area contributed by atoms with Crippen LogP contribution in [-0.2, 0) is 11.4 Å². The zero-order valence-electron chi connectivity index (χ0n) is 14.1. The fourth-order valence-electron chi connectivity index (χ4n) is 2.71. The van der Waals surface area contributed by atoms with Gasteiger partial charge in [0.15, 0.2) is 5.60 Å². The van der Waals surface area contributed by atoms with E-state index in [1.54, 1.807) is 0 Å². The van der Waals surface area contributed by atoms with Crippen molar-refractivity contribution in [2.75, 3.05) is 6.61 Å². The molecule has 1 N–H and O–H groups in total. The summed E-state index contributed by atoms with van der Waals surface area (Å²) < 4.78 is 5.80. The van der Waals surface area contributed by atoms with E-state index >= 15 is 0 Å². The van der Waals surface area contributed by atoms with E-state index in [2.05, 4.69) is 5.16 Å². The number of oxime groups is 1. The van der Waals surface area contributed by atoms with E-state index in [4.69, 9.17) is 9.57 Å². The molecule has 0 saturated heterocycles. The van der Waals surface area contributed by atoms with Crippen LogP contribution in [0.2, 0.25) is 0 Å². The Morgan fingerprint density at radius 1 is 1.12 bits per heavy atom. The number of ether oxygens (including phenoxy) is 1. The number of hydrogen-bond donors (Lipinski definition) is 1. The van der Waals surface area contributed by atoms with Crippen LogP contribution >= 0.6 is 0 Å². The molecule has 4 heteroatoms. The van der Waals surface area contributed by atoms with Crippen LogP contribution in [0.15, 0.2) is 59.8 Å². The first-order chi connectivity index (χ1) is 11.6. The lowest BCUT2D eigenvalue weighted by Crippen LogP contribution is -2.39. The zero-order valence-corrected chi connectivity index (χ0v) is 14.1. The fourth-order valence-corrected chi connectivity index (χ4v) is 2.71. The van der Waals surface area contributed by atoms with Crippen molar-refractivity contribution in [2.24, 2.45) is 11.1 Å². The lowest BCUT2D eigenvalue weighted by Gasteiger charge is -2.28. The first-order valence-electron chi connectivity index (χ1n) is 8.26. The van der Waals surface area contributed by atoms with Crippen molar-refractivity contribution in [3.63, 3.8) is 0 Å². The number of rotatable bonds is 6. The standard InChI is InChI=1S/C20H23NO3/c1-15(2)20(14-22)12-19(21-24-20)17-8-10-18(11-9-17)23-13-16-6-4-3-5-7-16/h3-11,15,22H,12-14H2,1-2H3/t20-/m0/s1. The van der Waals surface area contributed by atoms with Gasteiger partial charge in [0.25, 0.3) is 0 Å². The summed E-state index contributed by atoms with van der Waals surface area (Å²) in [5, 5.41) is 13.8. The van der Waals surface area contributed by atoms with Gasteiger partial charge in [0.05, 0.1) is 12.3 Å². The van der Waals surface area contributed by atoms with Gasteiger partial charge in [-0.05, 0) is 41.3 Å². The molecule has 0 saturated carbocycles. The average Bonchev–Trinajstić information content (AvgIpc) is 3.07. The van der Waals surface area contributed by atoms with Crippen LogP contribution in [0.25, 0.3) is 0 Å². The summed E-state index contributed by atoms with van der Waals surface area (Å²) in [5.41, 5.74) is 2.41. The summed E-state index contributed by atoms with van der Waals surface area (Å²) in [7, 11) is 0.